The fourth-order valence-electron chi connectivity index (χ4n) is 2.35. The van der Waals surface area contributed by atoms with Gasteiger partial charge in [0.2, 0.25) is 0 Å². The Labute approximate surface area is 122 Å². The van der Waals surface area contributed by atoms with Crippen LogP contribution in [0.3, 0.4) is 0 Å². The number of rotatable bonds is 7. The van der Waals surface area contributed by atoms with Crippen molar-refractivity contribution in [1.29, 1.82) is 0 Å². The van der Waals surface area contributed by atoms with E-state index in [-0.39, 0.29) is 29.9 Å². The second-order valence-electron chi connectivity index (χ2n) is 6.03. The maximum Gasteiger partial charge on any atom is 0.161 e. The standard InChI is InChI=1S/C16H28O4/c1-5-14-10-13(18)11-15(19-14)20-16(3,4)9-7-6-8-12(2)17/h6,8,13-15,17-18H,2,5,7,9-11H2,1,3-4H3/b8-6+. The first-order valence-corrected chi connectivity index (χ1v) is 7.38. The Morgan fingerprint density at radius 2 is 2.15 bits per heavy atom. The Balaban J connectivity index is 2.42. The fourth-order valence-corrected chi connectivity index (χ4v) is 2.35. The van der Waals surface area contributed by atoms with Crippen LogP contribution in [-0.4, -0.2) is 34.3 Å². The van der Waals surface area contributed by atoms with Crippen LogP contribution in [0.4, 0.5) is 0 Å². The molecule has 3 unspecified atom stereocenters. The summed E-state index contributed by atoms with van der Waals surface area (Å²) in [5.74, 6) is 0.0632. The molecule has 0 aliphatic carbocycles. The zero-order chi connectivity index (χ0) is 15.2. The SMILES string of the molecule is C=C(O)/C=C/CCC(C)(C)OC1CC(O)CC(CC)O1. The lowest BCUT2D eigenvalue weighted by atomic mass is 10.0. The summed E-state index contributed by atoms with van der Waals surface area (Å²) in [5, 5.41) is 18.8. The van der Waals surface area contributed by atoms with Gasteiger partial charge in [0.05, 0.1) is 17.8 Å². The van der Waals surface area contributed by atoms with E-state index < -0.39 is 0 Å². The van der Waals surface area contributed by atoms with Crippen LogP contribution in [0.5, 0.6) is 0 Å². The predicted octanol–water partition coefficient (Wildman–Crippen LogP) is 3.47. The van der Waals surface area contributed by atoms with Gasteiger partial charge in [0.1, 0.15) is 5.76 Å². The summed E-state index contributed by atoms with van der Waals surface area (Å²) >= 11 is 0. The van der Waals surface area contributed by atoms with Crippen LogP contribution < -0.4 is 0 Å². The van der Waals surface area contributed by atoms with Crippen molar-refractivity contribution in [3.05, 3.63) is 24.5 Å². The Bertz CT molecular complexity index is 335. The van der Waals surface area contributed by atoms with E-state index in [1.54, 1.807) is 6.08 Å². The lowest BCUT2D eigenvalue weighted by molar-refractivity contribution is -0.254. The van der Waals surface area contributed by atoms with E-state index in [0.717, 1.165) is 19.3 Å². The minimum absolute atomic E-state index is 0.0632. The minimum Gasteiger partial charge on any atom is -0.509 e. The Morgan fingerprint density at radius 3 is 2.75 bits per heavy atom. The molecule has 2 N–H and O–H groups in total. The summed E-state index contributed by atoms with van der Waals surface area (Å²) in [5.41, 5.74) is -0.332. The molecule has 3 atom stereocenters. The van der Waals surface area contributed by atoms with Gasteiger partial charge in [0.15, 0.2) is 6.29 Å². The molecule has 4 heteroatoms. The molecule has 1 aliphatic heterocycles. The summed E-state index contributed by atoms with van der Waals surface area (Å²) in [4.78, 5) is 0. The van der Waals surface area contributed by atoms with E-state index >= 15 is 0 Å². The number of hydrogen-bond acceptors (Lipinski definition) is 4. The topological polar surface area (TPSA) is 58.9 Å². The quantitative estimate of drug-likeness (QED) is 0.555. The molecular weight excluding hydrogens is 256 g/mol. The summed E-state index contributed by atoms with van der Waals surface area (Å²) < 4.78 is 11.8. The zero-order valence-corrected chi connectivity index (χ0v) is 12.8. The summed E-state index contributed by atoms with van der Waals surface area (Å²) in [6.45, 7) is 9.48. The van der Waals surface area contributed by atoms with Gasteiger partial charge in [-0.05, 0) is 45.6 Å². The second kappa shape index (κ2) is 7.81. The van der Waals surface area contributed by atoms with Crippen LogP contribution in [0.15, 0.2) is 24.5 Å². The third-order valence-electron chi connectivity index (χ3n) is 3.47. The van der Waals surface area contributed by atoms with E-state index in [1.807, 2.05) is 19.9 Å². The first-order chi connectivity index (χ1) is 9.32. The number of hydrogen-bond donors (Lipinski definition) is 2. The minimum atomic E-state index is -0.341. The molecule has 0 bridgehead atoms. The second-order valence-corrected chi connectivity index (χ2v) is 6.03. The maximum atomic E-state index is 9.84. The van der Waals surface area contributed by atoms with Crippen LogP contribution in [0, 0.1) is 0 Å². The average Bonchev–Trinajstić information content (AvgIpc) is 2.33. The van der Waals surface area contributed by atoms with Gasteiger partial charge < -0.3 is 19.7 Å². The highest BCUT2D eigenvalue weighted by Crippen LogP contribution is 2.28. The van der Waals surface area contributed by atoms with Crippen molar-refractivity contribution >= 4 is 0 Å². The van der Waals surface area contributed by atoms with Gasteiger partial charge in [-0.3, -0.25) is 0 Å². The lowest BCUT2D eigenvalue weighted by Gasteiger charge is -2.37. The third kappa shape index (κ3) is 6.55. The maximum absolute atomic E-state index is 9.84. The monoisotopic (exact) mass is 284 g/mol. The highest BCUT2D eigenvalue weighted by molar-refractivity contribution is 5.05. The Morgan fingerprint density at radius 1 is 1.45 bits per heavy atom. The van der Waals surface area contributed by atoms with Gasteiger partial charge in [-0.25, -0.2) is 0 Å². The third-order valence-corrected chi connectivity index (χ3v) is 3.47. The van der Waals surface area contributed by atoms with Crippen LogP contribution >= 0.6 is 0 Å². The predicted molar refractivity (Wildman–Crippen MR) is 79.5 cm³/mol. The molecule has 20 heavy (non-hydrogen) atoms. The molecule has 0 aromatic rings. The fraction of sp³-hybridized carbons (Fsp3) is 0.750. The molecule has 0 amide bonds. The Hall–Kier alpha value is -0.840. The number of aliphatic hydroxyl groups is 2. The van der Waals surface area contributed by atoms with E-state index in [4.69, 9.17) is 14.6 Å². The highest BCUT2D eigenvalue weighted by atomic mass is 16.7. The highest BCUT2D eigenvalue weighted by Gasteiger charge is 2.32. The van der Waals surface area contributed by atoms with Crippen LogP contribution in [0.25, 0.3) is 0 Å². The van der Waals surface area contributed by atoms with Crippen molar-refractivity contribution in [3.8, 4) is 0 Å². The van der Waals surface area contributed by atoms with Crippen LogP contribution in [0.1, 0.15) is 52.9 Å². The molecule has 1 heterocycles. The number of ether oxygens (including phenoxy) is 2. The van der Waals surface area contributed by atoms with E-state index in [1.165, 1.54) is 0 Å². The molecule has 0 saturated carbocycles. The van der Waals surface area contributed by atoms with Gasteiger partial charge in [0, 0.05) is 6.42 Å². The lowest BCUT2D eigenvalue weighted by Crippen LogP contribution is -2.41. The van der Waals surface area contributed by atoms with E-state index in [9.17, 15) is 5.11 Å². The molecule has 1 rings (SSSR count). The molecule has 1 saturated heterocycles. The molecule has 0 radical (unpaired) electrons. The van der Waals surface area contributed by atoms with Crippen molar-refractivity contribution in [2.45, 2.75) is 77.0 Å². The van der Waals surface area contributed by atoms with Gasteiger partial charge in [0.25, 0.3) is 0 Å². The molecular formula is C16H28O4. The van der Waals surface area contributed by atoms with E-state index in [0.29, 0.717) is 12.8 Å². The summed E-state index contributed by atoms with van der Waals surface area (Å²) in [7, 11) is 0. The Kier molecular flexibility index (Phi) is 6.72. The summed E-state index contributed by atoms with van der Waals surface area (Å²) in [6, 6.07) is 0. The van der Waals surface area contributed by atoms with Crippen molar-refractivity contribution in [1.82, 2.24) is 0 Å². The zero-order valence-electron chi connectivity index (χ0n) is 12.8. The first kappa shape index (κ1) is 17.2. The molecule has 0 spiro atoms. The largest absolute Gasteiger partial charge is 0.509 e. The van der Waals surface area contributed by atoms with Crippen molar-refractivity contribution < 1.29 is 19.7 Å². The van der Waals surface area contributed by atoms with Gasteiger partial charge in [-0.1, -0.05) is 19.6 Å². The summed E-state index contributed by atoms with van der Waals surface area (Å²) in [6.07, 6.45) is 6.57. The molecule has 1 aliphatic rings. The van der Waals surface area contributed by atoms with Crippen LogP contribution in [0.2, 0.25) is 0 Å². The molecule has 4 nitrogen and oxygen atoms in total. The first-order valence-electron chi connectivity index (χ1n) is 7.38. The van der Waals surface area contributed by atoms with Crippen LogP contribution in [-0.2, 0) is 9.47 Å². The number of aliphatic hydroxyl groups excluding tert-OH is 2. The molecule has 0 aromatic carbocycles. The number of allylic oxidation sites excluding steroid dienone is 2. The average molecular weight is 284 g/mol. The van der Waals surface area contributed by atoms with Crippen molar-refractivity contribution in [2.24, 2.45) is 0 Å². The molecule has 1 fully saturated rings. The normalized spacial score (nSPS) is 27.9. The van der Waals surface area contributed by atoms with Gasteiger partial charge in [-0.15, -0.1) is 0 Å². The van der Waals surface area contributed by atoms with Gasteiger partial charge in [-0.2, -0.15) is 0 Å². The van der Waals surface area contributed by atoms with Crippen molar-refractivity contribution in [2.75, 3.05) is 0 Å². The van der Waals surface area contributed by atoms with E-state index in [2.05, 4.69) is 13.5 Å². The van der Waals surface area contributed by atoms with Gasteiger partial charge >= 0.3 is 0 Å². The smallest absolute Gasteiger partial charge is 0.161 e. The molecule has 116 valence electrons. The van der Waals surface area contributed by atoms with Crippen molar-refractivity contribution in [3.63, 3.8) is 0 Å². The molecule has 0 aromatic heterocycles.